The Bertz CT molecular complexity index is 448. The van der Waals surface area contributed by atoms with Gasteiger partial charge in [-0.15, -0.1) is 11.8 Å². The lowest BCUT2D eigenvalue weighted by Crippen LogP contribution is -2.49. The van der Waals surface area contributed by atoms with E-state index in [1.807, 2.05) is 25.6 Å². The number of carboxylic acid groups (broad SMARTS) is 1. The molecule has 1 atom stereocenters. The minimum atomic E-state index is -0.803. The highest BCUT2D eigenvalue weighted by atomic mass is 32.2. The quantitative estimate of drug-likeness (QED) is 0.541. The van der Waals surface area contributed by atoms with Gasteiger partial charge >= 0.3 is 5.97 Å². The summed E-state index contributed by atoms with van der Waals surface area (Å²) in [5, 5.41) is 17.8. The van der Waals surface area contributed by atoms with Gasteiger partial charge in [0.2, 0.25) is 0 Å². The summed E-state index contributed by atoms with van der Waals surface area (Å²) >= 11 is 1.77. The van der Waals surface area contributed by atoms with Gasteiger partial charge in [0.25, 0.3) is 0 Å². The zero-order valence-corrected chi connectivity index (χ0v) is 13.6. The molecular formula is C14H25N3O2S. The number of nitrogens with one attached hydrogen (secondary N) is 1. The number of carboxylic acids is 1. The Labute approximate surface area is 125 Å². The van der Waals surface area contributed by atoms with Crippen molar-refractivity contribution in [2.75, 3.05) is 12.3 Å². The maximum Gasteiger partial charge on any atom is 0.323 e. The molecule has 1 rings (SSSR count). The average Bonchev–Trinajstić information content (AvgIpc) is 2.67. The highest BCUT2D eigenvalue weighted by molar-refractivity contribution is 7.99. The molecule has 0 saturated heterocycles. The van der Waals surface area contributed by atoms with E-state index in [2.05, 4.69) is 16.5 Å². The van der Waals surface area contributed by atoms with Gasteiger partial charge in [0.05, 0.1) is 10.7 Å². The van der Waals surface area contributed by atoms with Gasteiger partial charge in [-0.2, -0.15) is 5.10 Å². The minimum Gasteiger partial charge on any atom is -0.480 e. The Kier molecular flexibility index (Phi) is 6.55. The van der Waals surface area contributed by atoms with Crippen LogP contribution in [0.2, 0.25) is 0 Å². The Morgan fingerprint density at radius 3 is 2.75 bits per heavy atom. The van der Waals surface area contributed by atoms with Crippen molar-refractivity contribution in [2.45, 2.75) is 50.6 Å². The molecule has 0 bridgehead atoms. The van der Waals surface area contributed by atoms with E-state index in [-0.39, 0.29) is 0 Å². The van der Waals surface area contributed by atoms with Gasteiger partial charge in [-0.05, 0) is 45.1 Å². The first-order chi connectivity index (χ1) is 9.39. The molecule has 1 aromatic heterocycles. The third kappa shape index (κ3) is 4.83. The second-order valence-electron chi connectivity index (χ2n) is 5.22. The van der Waals surface area contributed by atoms with Crippen LogP contribution in [0.4, 0.5) is 0 Å². The van der Waals surface area contributed by atoms with Crippen LogP contribution in [-0.2, 0) is 11.8 Å². The Morgan fingerprint density at radius 1 is 1.55 bits per heavy atom. The monoisotopic (exact) mass is 299 g/mol. The van der Waals surface area contributed by atoms with E-state index >= 15 is 0 Å². The lowest BCUT2D eigenvalue weighted by Gasteiger charge is -2.25. The van der Waals surface area contributed by atoms with E-state index in [9.17, 15) is 9.90 Å². The maximum atomic E-state index is 11.3. The molecule has 1 aromatic rings. The number of unbranched alkanes of at least 4 members (excludes halogenated alkanes) is 1. The predicted octanol–water partition coefficient (Wildman–Crippen LogP) is 2.44. The molecule has 20 heavy (non-hydrogen) atoms. The van der Waals surface area contributed by atoms with Crippen molar-refractivity contribution in [3.05, 3.63) is 11.8 Å². The van der Waals surface area contributed by atoms with Gasteiger partial charge in [-0.25, -0.2) is 0 Å². The van der Waals surface area contributed by atoms with Crippen molar-refractivity contribution in [3.63, 3.8) is 0 Å². The molecule has 0 radical (unpaired) electrons. The fourth-order valence-corrected chi connectivity index (χ4v) is 3.18. The molecule has 0 aromatic carbocycles. The Balaban J connectivity index is 2.31. The number of hydrogen-bond acceptors (Lipinski definition) is 4. The first-order valence-electron chi connectivity index (χ1n) is 7.01. The van der Waals surface area contributed by atoms with Crippen LogP contribution in [-0.4, -0.2) is 38.7 Å². The molecule has 0 aliphatic carbocycles. The van der Waals surface area contributed by atoms with Crippen LogP contribution in [0, 0.1) is 6.92 Å². The summed E-state index contributed by atoms with van der Waals surface area (Å²) < 4.78 is 1.89. The van der Waals surface area contributed by atoms with Crippen molar-refractivity contribution in [3.8, 4) is 0 Å². The minimum absolute atomic E-state index is 0.654. The lowest BCUT2D eigenvalue weighted by molar-refractivity contribution is -0.144. The fourth-order valence-electron chi connectivity index (χ4n) is 2.14. The smallest absolute Gasteiger partial charge is 0.323 e. The molecule has 0 fully saturated rings. The van der Waals surface area contributed by atoms with Crippen LogP contribution < -0.4 is 5.32 Å². The molecule has 0 amide bonds. The first kappa shape index (κ1) is 17.0. The zero-order chi connectivity index (χ0) is 15.2. The summed E-state index contributed by atoms with van der Waals surface area (Å²) in [6.07, 6.45) is 2.56. The number of likely N-dealkylation sites (N-methyl/N-ethyl adjacent to an activating group) is 1. The summed E-state index contributed by atoms with van der Waals surface area (Å²) in [7, 11) is 1.95. The number of aromatic nitrogens is 2. The van der Waals surface area contributed by atoms with E-state index in [1.54, 1.807) is 18.7 Å². The number of hydrogen-bond donors (Lipinski definition) is 2. The predicted molar refractivity (Wildman–Crippen MR) is 82.2 cm³/mol. The molecule has 0 spiro atoms. The van der Waals surface area contributed by atoms with Crippen molar-refractivity contribution >= 4 is 17.7 Å². The van der Waals surface area contributed by atoms with E-state index in [0.717, 1.165) is 29.3 Å². The molecule has 2 N–H and O–H groups in total. The molecule has 0 aliphatic heterocycles. The van der Waals surface area contributed by atoms with Crippen molar-refractivity contribution in [1.82, 2.24) is 15.1 Å². The molecule has 0 aliphatic rings. The van der Waals surface area contributed by atoms with E-state index in [1.165, 1.54) is 0 Å². The van der Waals surface area contributed by atoms with Crippen LogP contribution in [0.3, 0.4) is 0 Å². The Hall–Kier alpha value is -1.01. The van der Waals surface area contributed by atoms with Crippen LogP contribution >= 0.6 is 11.8 Å². The number of aryl methyl sites for hydroxylation is 2. The van der Waals surface area contributed by atoms with Gasteiger partial charge in [0, 0.05) is 7.05 Å². The van der Waals surface area contributed by atoms with Crippen LogP contribution in [0.15, 0.2) is 11.1 Å². The number of rotatable bonds is 9. The molecule has 114 valence electrons. The van der Waals surface area contributed by atoms with Crippen LogP contribution in [0.5, 0.6) is 0 Å². The van der Waals surface area contributed by atoms with Gasteiger partial charge in [0.15, 0.2) is 0 Å². The molecule has 6 heteroatoms. The first-order valence-corrected chi connectivity index (χ1v) is 7.99. The lowest BCUT2D eigenvalue weighted by atomic mass is 9.95. The van der Waals surface area contributed by atoms with Gasteiger partial charge in [-0.3, -0.25) is 9.48 Å². The van der Waals surface area contributed by atoms with Crippen molar-refractivity contribution in [2.24, 2.45) is 7.05 Å². The number of thioether (sulfide) groups is 1. The van der Waals surface area contributed by atoms with Crippen molar-refractivity contribution in [1.29, 1.82) is 0 Å². The van der Waals surface area contributed by atoms with Gasteiger partial charge in [-0.1, -0.05) is 13.3 Å². The van der Waals surface area contributed by atoms with Gasteiger partial charge < -0.3 is 10.4 Å². The SMILES string of the molecule is CCNC(C)(CCCCSc1cc(C)nn1C)C(=O)O. The number of aliphatic carboxylic acids is 1. The third-order valence-electron chi connectivity index (χ3n) is 3.32. The topological polar surface area (TPSA) is 67.2 Å². The highest BCUT2D eigenvalue weighted by Gasteiger charge is 2.30. The molecule has 1 heterocycles. The molecule has 5 nitrogen and oxygen atoms in total. The summed E-state index contributed by atoms with van der Waals surface area (Å²) in [4.78, 5) is 11.3. The average molecular weight is 299 g/mol. The van der Waals surface area contributed by atoms with Gasteiger partial charge in [0.1, 0.15) is 5.54 Å². The summed E-state index contributed by atoms with van der Waals surface area (Å²) in [5.74, 6) is 0.218. The van der Waals surface area contributed by atoms with Crippen LogP contribution in [0.25, 0.3) is 0 Å². The zero-order valence-electron chi connectivity index (χ0n) is 12.8. The number of carbonyl (C=O) groups is 1. The second kappa shape index (κ2) is 7.69. The third-order valence-corrected chi connectivity index (χ3v) is 4.49. The number of nitrogens with zero attached hydrogens (tertiary/aromatic N) is 2. The van der Waals surface area contributed by atoms with E-state index in [4.69, 9.17) is 0 Å². The van der Waals surface area contributed by atoms with Crippen molar-refractivity contribution < 1.29 is 9.90 Å². The van der Waals surface area contributed by atoms with E-state index in [0.29, 0.717) is 13.0 Å². The Morgan fingerprint density at radius 2 is 2.25 bits per heavy atom. The molecular weight excluding hydrogens is 274 g/mol. The largest absolute Gasteiger partial charge is 0.480 e. The fraction of sp³-hybridized carbons (Fsp3) is 0.714. The normalized spacial score (nSPS) is 14.2. The highest BCUT2D eigenvalue weighted by Crippen LogP contribution is 2.21. The summed E-state index contributed by atoms with van der Waals surface area (Å²) in [6.45, 7) is 6.35. The maximum absolute atomic E-state index is 11.3. The standard InChI is InChI=1S/C14H25N3O2S/c1-5-15-14(3,13(18)19)8-6-7-9-20-12-10-11(2)16-17(12)4/h10,15H,5-9H2,1-4H3,(H,18,19). The summed E-state index contributed by atoms with van der Waals surface area (Å²) in [5.41, 5.74) is 0.225. The second-order valence-corrected chi connectivity index (χ2v) is 6.34. The molecule has 1 unspecified atom stereocenters. The van der Waals surface area contributed by atoms with E-state index < -0.39 is 11.5 Å². The summed E-state index contributed by atoms with van der Waals surface area (Å²) in [6, 6.07) is 2.07. The van der Waals surface area contributed by atoms with Crippen LogP contribution in [0.1, 0.15) is 38.8 Å². The molecule has 0 saturated carbocycles.